The zero-order valence-electron chi connectivity index (χ0n) is 7.60. The van der Waals surface area contributed by atoms with Crippen LogP contribution in [-0.2, 0) is 0 Å². The summed E-state index contributed by atoms with van der Waals surface area (Å²) in [5, 5.41) is 0. The quantitative estimate of drug-likeness (QED) is 0.651. The van der Waals surface area contributed by atoms with E-state index in [0.717, 1.165) is 23.0 Å². The van der Waals surface area contributed by atoms with E-state index >= 15 is 0 Å². The van der Waals surface area contributed by atoms with Crippen LogP contribution >= 0.6 is 0 Å². The van der Waals surface area contributed by atoms with Crippen LogP contribution in [0.15, 0.2) is 48.5 Å². The first-order valence-electron chi connectivity index (χ1n) is 4.42. The second-order valence-electron chi connectivity index (χ2n) is 2.99. The van der Waals surface area contributed by atoms with Crippen molar-refractivity contribution >= 4 is 6.29 Å². The van der Waals surface area contributed by atoms with Gasteiger partial charge in [-0.3, -0.25) is 4.79 Å². The zero-order chi connectivity index (χ0) is 9.80. The predicted molar refractivity (Wildman–Crippen MR) is 56.1 cm³/mol. The molecular weight excluding hydrogens is 172 g/mol. The third-order valence-corrected chi connectivity index (χ3v) is 2.12. The number of aldehydes is 1. The van der Waals surface area contributed by atoms with Gasteiger partial charge in [0.25, 0.3) is 0 Å². The van der Waals surface area contributed by atoms with Gasteiger partial charge in [0.15, 0.2) is 6.29 Å². The van der Waals surface area contributed by atoms with E-state index in [0.29, 0.717) is 0 Å². The van der Waals surface area contributed by atoms with Crippen LogP contribution < -0.4 is 0 Å². The summed E-state index contributed by atoms with van der Waals surface area (Å²) in [7, 11) is 0. The van der Waals surface area contributed by atoms with E-state index in [1.54, 1.807) is 0 Å². The van der Waals surface area contributed by atoms with Crippen LogP contribution in [0, 0.1) is 6.07 Å². The molecule has 0 spiro atoms. The minimum atomic E-state index is 0.721. The molecule has 0 heterocycles. The van der Waals surface area contributed by atoms with E-state index in [2.05, 4.69) is 6.07 Å². The van der Waals surface area contributed by atoms with Crippen molar-refractivity contribution in [2.24, 2.45) is 0 Å². The molecule has 0 saturated heterocycles. The molecule has 2 aromatic carbocycles. The molecule has 1 heteroatoms. The molecule has 2 aromatic rings. The summed E-state index contributed by atoms with van der Waals surface area (Å²) in [6.45, 7) is 0. The zero-order valence-corrected chi connectivity index (χ0v) is 7.60. The molecule has 67 valence electrons. The molecule has 0 N–H and O–H groups in total. The van der Waals surface area contributed by atoms with Crippen LogP contribution in [0.1, 0.15) is 10.4 Å². The van der Waals surface area contributed by atoms with Crippen molar-refractivity contribution in [3.05, 3.63) is 60.2 Å². The fourth-order valence-corrected chi connectivity index (χ4v) is 1.43. The molecular formula is C13H9O. The minimum absolute atomic E-state index is 0.721. The lowest BCUT2D eigenvalue weighted by Gasteiger charge is -2.03. The topological polar surface area (TPSA) is 17.1 Å². The molecule has 0 saturated carbocycles. The maximum absolute atomic E-state index is 10.8. The van der Waals surface area contributed by atoms with E-state index in [-0.39, 0.29) is 0 Å². The lowest BCUT2D eigenvalue weighted by atomic mass is 10.0. The largest absolute Gasteiger partial charge is 0.298 e. The van der Waals surface area contributed by atoms with Crippen LogP contribution in [0.3, 0.4) is 0 Å². The van der Waals surface area contributed by atoms with Crippen LogP contribution in [-0.4, -0.2) is 6.29 Å². The van der Waals surface area contributed by atoms with Crippen LogP contribution in [0.25, 0.3) is 11.1 Å². The smallest absolute Gasteiger partial charge is 0.150 e. The Bertz CT molecular complexity index is 432. The Labute approximate surface area is 83.0 Å². The molecule has 0 atom stereocenters. The van der Waals surface area contributed by atoms with Crippen molar-refractivity contribution in [2.75, 3.05) is 0 Å². The van der Waals surface area contributed by atoms with Gasteiger partial charge in [0, 0.05) is 5.56 Å². The molecule has 14 heavy (non-hydrogen) atoms. The molecule has 0 bridgehead atoms. The Morgan fingerprint density at radius 1 is 1.00 bits per heavy atom. The van der Waals surface area contributed by atoms with Gasteiger partial charge in [0.2, 0.25) is 0 Å². The Hall–Kier alpha value is -1.89. The highest BCUT2D eigenvalue weighted by atomic mass is 16.1. The Balaban J connectivity index is 2.57. The lowest BCUT2D eigenvalue weighted by Crippen LogP contribution is -1.85. The average Bonchev–Trinajstić information content (AvgIpc) is 2.30. The molecule has 0 fully saturated rings. The molecule has 1 nitrogen and oxygen atoms in total. The number of benzene rings is 2. The van der Waals surface area contributed by atoms with Crippen molar-refractivity contribution in [2.45, 2.75) is 0 Å². The average molecular weight is 181 g/mol. The summed E-state index contributed by atoms with van der Waals surface area (Å²) in [6.07, 6.45) is 0.881. The van der Waals surface area contributed by atoms with Gasteiger partial charge in [-0.25, -0.2) is 0 Å². The molecule has 0 unspecified atom stereocenters. The minimum Gasteiger partial charge on any atom is -0.298 e. The molecule has 0 aliphatic heterocycles. The fraction of sp³-hybridized carbons (Fsp3) is 0. The van der Waals surface area contributed by atoms with Crippen molar-refractivity contribution in [1.82, 2.24) is 0 Å². The summed E-state index contributed by atoms with van der Waals surface area (Å²) < 4.78 is 0. The number of carbonyl (C=O) groups is 1. The molecule has 0 aromatic heterocycles. The van der Waals surface area contributed by atoms with Gasteiger partial charge in [-0.1, -0.05) is 48.5 Å². The molecule has 0 aliphatic carbocycles. The first-order valence-corrected chi connectivity index (χ1v) is 4.42. The number of rotatable bonds is 2. The summed E-state index contributed by atoms with van der Waals surface area (Å²) in [5.41, 5.74) is 2.74. The van der Waals surface area contributed by atoms with Crippen LogP contribution in [0.2, 0.25) is 0 Å². The SMILES string of the molecule is O=Cc1ccccc1-c1cc[c]cc1. The summed E-state index contributed by atoms with van der Waals surface area (Å²) in [4.78, 5) is 10.8. The molecule has 0 amide bonds. The van der Waals surface area contributed by atoms with E-state index < -0.39 is 0 Å². The maximum atomic E-state index is 10.8. The standard InChI is InChI=1S/C13H9O/c14-10-12-8-4-5-9-13(12)11-6-2-1-3-7-11/h2-10H. The third kappa shape index (κ3) is 1.57. The van der Waals surface area contributed by atoms with Crippen molar-refractivity contribution in [3.8, 4) is 11.1 Å². The highest BCUT2D eigenvalue weighted by molar-refractivity contribution is 5.87. The molecule has 1 radical (unpaired) electrons. The molecule has 0 aliphatic rings. The van der Waals surface area contributed by atoms with Gasteiger partial charge in [-0.15, -0.1) is 0 Å². The van der Waals surface area contributed by atoms with E-state index in [4.69, 9.17) is 0 Å². The van der Waals surface area contributed by atoms with Gasteiger partial charge in [0.05, 0.1) is 0 Å². The summed E-state index contributed by atoms with van der Waals surface area (Å²) in [5.74, 6) is 0. The Morgan fingerprint density at radius 3 is 2.43 bits per heavy atom. The normalized spacial score (nSPS) is 9.71. The van der Waals surface area contributed by atoms with E-state index in [9.17, 15) is 4.79 Å². The first-order chi connectivity index (χ1) is 6.92. The van der Waals surface area contributed by atoms with E-state index in [1.165, 1.54) is 0 Å². The predicted octanol–water partition coefficient (Wildman–Crippen LogP) is 2.97. The maximum Gasteiger partial charge on any atom is 0.150 e. The van der Waals surface area contributed by atoms with Crippen LogP contribution in [0.4, 0.5) is 0 Å². The third-order valence-electron chi connectivity index (χ3n) is 2.12. The second-order valence-corrected chi connectivity index (χ2v) is 2.99. The summed E-state index contributed by atoms with van der Waals surface area (Å²) >= 11 is 0. The van der Waals surface area contributed by atoms with Crippen LogP contribution in [0.5, 0.6) is 0 Å². The fourth-order valence-electron chi connectivity index (χ4n) is 1.43. The van der Waals surface area contributed by atoms with Gasteiger partial charge < -0.3 is 0 Å². The van der Waals surface area contributed by atoms with Crippen molar-refractivity contribution < 1.29 is 4.79 Å². The van der Waals surface area contributed by atoms with Crippen molar-refractivity contribution in [1.29, 1.82) is 0 Å². The van der Waals surface area contributed by atoms with E-state index in [1.807, 2.05) is 48.5 Å². The summed E-state index contributed by atoms with van der Waals surface area (Å²) in [6, 6.07) is 18.1. The highest BCUT2D eigenvalue weighted by Gasteiger charge is 2.01. The van der Waals surface area contributed by atoms with Gasteiger partial charge in [0.1, 0.15) is 0 Å². The van der Waals surface area contributed by atoms with Crippen molar-refractivity contribution in [3.63, 3.8) is 0 Å². The van der Waals surface area contributed by atoms with Gasteiger partial charge >= 0.3 is 0 Å². The number of carbonyl (C=O) groups excluding carboxylic acids is 1. The number of hydrogen-bond donors (Lipinski definition) is 0. The monoisotopic (exact) mass is 181 g/mol. The highest BCUT2D eigenvalue weighted by Crippen LogP contribution is 2.21. The molecule has 2 rings (SSSR count). The number of hydrogen-bond acceptors (Lipinski definition) is 1. The first kappa shape index (κ1) is 8.70. The van der Waals surface area contributed by atoms with Gasteiger partial charge in [-0.2, -0.15) is 0 Å². The lowest BCUT2D eigenvalue weighted by molar-refractivity contribution is 0.112. The Morgan fingerprint density at radius 2 is 1.71 bits per heavy atom. The van der Waals surface area contributed by atoms with Gasteiger partial charge in [-0.05, 0) is 17.2 Å². The second kappa shape index (κ2) is 3.88. The Kier molecular flexibility index (Phi) is 2.41.